The molecule has 1 atom stereocenters. The van der Waals surface area contributed by atoms with Crippen molar-refractivity contribution in [2.75, 3.05) is 31.1 Å². The standard InChI is InChI=1S/C18H25N3O3S2/c1-3-24-16-7-6-14(2)11-17(16)26(22,23)20-12-15-5-4-9-21(13-15)18-19-8-10-25-18/h6-8,10-11,15,20H,3-5,9,12-13H2,1-2H3. The molecule has 0 spiro atoms. The van der Waals surface area contributed by atoms with Crippen molar-refractivity contribution in [2.24, 2.45) is 5.92 Å². The van der Waals surface area contributed by atoms with E-state index in [2.05, 4.69) is 14.6 Å². The predicted octanol–water partition coefficient (Wildman–Crippen LogP) is 3.05. The van der Waals surface area contributed by atoms with Crippen molar-refractivity contribution in [1.29, 1.82) is 0 Å². The first-order chi connectivity index (χ1) is 12.5. The fourth-order valence-corrected chi connectivity index (χ4v) is 5.21. The number of ether oxygens (including phenoxy) is 1. The number of thiazole rings is 1. The Morgan fingerprint density at radius 2 is 2.27 bits per heavy atom. The highest BCUT2D eigenvalue weighted by molar-refractivity contribution is 7.89. The van der Waals surface area contributed by atoms with Gasteiger partial charge in [-0.05, 0) is 50.3 Å². The lowest BCUT2D eigenvalue weighted by Gasteiger charge is -2.32. The molecule has 1 unspecified atom stereocenters. The molecule has 1 aliphatic rings. The van der Waals surface area contributed by atoms with Crippen molar-refractivity contribution in [3.8, 4) is 5.75 Å². The van der Waals surface area contributed by atoms with Gasteiger partial charge in [-0.1, -0.05) is 6.07 Å². The van der Waals surface area contributed by atoms with Crippen LogP contribution in [0.15, 0.2) is 34.7 Å². The summed E-state index contributed by atoms with van der Waals surface area (Å²) in [5.41, 5.74) is 0.890. The fraction of sp³-hybridized carbons (Fsp3) is 0.500. The van der Waals surface area contributed by atoms with Crippen LogP contribution in [0, 0.1) is 12.8 Å². The molecular weight excluding hydrogens is 370 g/mol. The second kappa shape index (κ2) is 8.37. The molecule has 26 heavy (non-hydrogen) atoms. The Morgan fingerprint density at radius 3 is 3.00 bits per heavy atom. The number of hydrogen-bond acceptors (Lipinski definition) is 6. The fourth-order valence-electron chi connectivity index (χ4n) is 3.18. The number of benzene rings is 1. The third kappa shape index (κ3) is 4.55. The zero-order valence-corrected chi connectivity index (χ0v) is 16.8. The molecule has 1 N–H and O–H groups in total. The average Bonchev–Trinajstić information content (AvgIpc) is 3.17. The molecule has 1 aromatic heterocycles. The Bertz CT molecular complexity index is 822. The van der Waals surface area contributed by atoms with Crippen molar-refractivity contribution in [1.82, 2.24) is 9.71 Å². The number of aromatic nitrogens is 1. The molecule has 0 amide bonds. The van der Waals surface area contributed by atoms with Crippen LogP contribution in [-0.4, -0.2) is 39.6 Å². The molecule has 2 heterocycles. The Balaban J connectivity index is 1.68. The number of sulfonamides is 1. The Kier molecular flexibility index (Phi) is 6.16. The van der Waals surface area contributed by atoms with Gasteiger partial charge in [0, 0.05) is 31.2 Å². The molecule has 0 radical (unpaired) electrons. The minimum Gasteiger partial charge on any atom is -0.492 e. The maximum absolute atomic E-state index is 12.8. The summed E-state index contributed by atoms with van der Waals surface area (Å²) in [5.74, 6) is 0.668. The summed E-state index contributed by atoms with van der Waals surface area (Å²) >= 11 is 1.62. The normalized spacial score (nSPS) is 18.1. The lowest BCUT2D eigenvalue weighted by molar-refractivity contribution is 0.330. The summed E-state index contributed by atoms with van der Waals surface area (Å²) in [6.07, 6.45) is 3.86. The maximum Gasteiger partial charge on any atom is 0.244 e. The zero-order valence-electron chi connectivity index (χ0n) is 15.1. The molecule has 1 fully saturated rings. The molecule has 6 nitrogen and oxygen atoms in total. The molecule has 0 bridgehead atoms. The van der Waals surface area contributed by atoms with Crippen LogP contribution in [0.3, 0.4) is 0 Å². The Hall–Kier alpha value is -1.64. The molecule has 2 aromatic rings. The van der Waals surface area contributed by atoms with Gasteiger partial charge < -0.3 is 9.64 Å². The number of anilines is 1. The van der Waals surface area contributed by atoms with E-state index in [0.29, 0.717) is 18.9 Å². The highest BCUT2D eigenvalue weighted by atomic mass is 32.2. The van der Waals surface area contributed by atoms with Crippen LogP contribution in [0.5, 0.6) is 5.75 Å². The Morgan fingerprint density at radius 1 is 1.42 bits per heavy atom. The minimum atomic E-state index is -3.61. The average molecular weight is 396 g/mol. The molecule has 1 aliphatic heterocycles. The number of rotatable bonds is 7. The first kappa shape index (κ1) is 19.1. The third-order valence-electron chi connectivity index (χ3n) is 4.46. The maximum atomic E-state index is 12.8. The van der Waals surface area contributed by atoms with Gasteiger partial charge in [0.15, 0.2) is 5.13 Å². The van der Waals surface area contributed by atoms with E-state index in [-0.39, 0.29) is 10.8 Å². The van der Waals surface area contributed by atoms with Crippen molar-refractivity contribution < 1.29 is 13.2 Å². The van der Waals surface area contributed by atoms with Crippen molar-refractivity contribution in [2.45, 2.75) is 31.6 Å². The predicted molar refractivity (Wildman–Crippen MR) is 105 cm³/mol. The van der Waals surface area contributed by atoms with E-state index in [1.54, 1.807) is 29.7 Å². The highest BCUT2D eigenvalue weighted by Gasteiger charge is 2.25. The van der Waals surface area contributed by atoms with Crippen LogP contribution in [0.2, 0.25) is 0 Å². The van der Waals surface area contributed by atoms with Gasteiger partial charge in [-0.3, -0.25) is 0 Å². The van der Waals surface area contributed by atoms with Crippen molar-refractivity contribution in [3.63, 3.8) is 0 Å². The summed E-state index contributed by atoms with van der Waals surface area (Å²) in [6, 6.07) is 5.24. The number of hydrogen-bond donors (Lipinski definition) is 1. The monoisotopic (exact) mass is 395 g/mol. The van der Waals surface area contributed by atoms with Crippen molar-refractivity contribution >= 4 is 26.5 Å². The van der Waals surface area contributed by atoms with E-state index in [4.69, 9.17) is 4.74 Å². The van der Waals surface area contributed by atoms with Crippen LogP contribution in [-0.2, 0) is 10.0 Å². The molecule has 0 saturated carbocycles. The van der Waals surface area contributed by atoms with Crippen LogP contribution in [0.1, 0.15) is 25.3 Å². The third-order valence-corrected chi connectivity index (χ3v) is 6.74. The molecular formula is C18H25N3O3S2. The number of nitrogens with one attached hydrogen (secondary N) is 1. The largest absolute Gasteiger partial charge is 0.492 e. The first-order valence-corrected chi connectivity index (χ1v) is 11.2. The molecule has 0 aliphatic carbocycles. The lowest BCUT2D eigenvalue weighted by atomic mass is 9.99. The molecule has 142 valence electrons. The van der Waals surface area contributed by atoms with Gasteiger partial charge in [0.2, 0.25) is 10.0 Å². The quantitative estimate of drug-likeness (QED) is 0.780. The van der Waals surface area contributed by atoms with Crippen molar-refractivity contribution in [3.05, 3.63) is 35.3 Å². The Labute approximate surface area is 159 Å². The van der Waals surface area contributed by atoms with Crippen LogP contribution in [0.25, 0.3) is 0 Å². The van der Waals surface area contributed by atoms with Gasteiger partial charge in [0.25, 0.3) is 0 Å². The molecule has 1 saturated heterocycles. The molecule has 8 heteroatoms. The van der Waals surface area contributed by atoms with E-state index >= 15 is 0 Å². The number of aryl methyl sites for hydroxylation is 1. The molecule has 1 aromatic carbocycles. The summed E-state index contributed by atoms with van der Waals surface area (Å²) in [5, 5.41) is 2.98. The second-order valence-corrected chi connectivity index (χ2v) is 9.11. The summed E-state index contributed by atoms with van der Waals surface area (Å²) in [7, 11) is -3.61. The number of nitrogens with zero attached hydrogens (tertiary/aromatic N) is 2. The van der Waals surface area contributed by atoms with E-state index in [0.717, 1.165) is 36.6 Å². The van der Waals surface area contributed by atoms with Crippen LogP contribution < -0.4 is 14.4 Å². The highest BCUT2D eigenvalue weighted by Crippen LogP contribution is 2.27. The summed E-state index contributed by atoms with van der Waals surface area (Å²) in [6.45, 7) is 6.37. The van der Waals surface area contributed by atoms with Gasteiger partial charge in [0.05, 0.1) is 6.61 Å². The molecule has 3 rings (SSSR count). The van der Waals surface area contributed by atoms with Crippen LogP contribution >= 0.6 is 11.3 Å². The first-order valence-electron chi connectivity index (χ1n) is 8.87. The SMILES string of the molecule is CCOc1ccc(C)cc1S(=O)(=O)NCC1CCCN(c2nccs2)C1. The smallest absolute Gasteiger partial charge is 0.244 e. The second-order valence-electron chi connectivity index (χ2n) is 6.50. The lowest BCUT2D eigenvalue weighted by Crippen LogP contribution is -2.41. The van der Waals surface area contributed by atoms with E-state index in [1.807, 2.05) is 25.3 Å². The van der Waals surface area contributed by atoms with Gasteiger partial charge in [-0.25, -0.2) is 18.1 Å². The van der Waals surface area contributed by atoms with Crippen LogP contribution in [0.4, 0.5) is 5.13 Å². The summed E-state index contributed by atoms with van der Waals surface area (Å²) < 4.78 is 33.9. The summed E-state index contributed by atoms with van der Waals surface area (Å²) in [4.78, 5) is 6.82. The van der Waals surface area contributed by atoms with Gasteiger partial charge >= 0.3 is 0 Å². The van der Waals surface area contributed by atoms with E-state index in [9.17, 15) is 8.42 Å². The topological polar surface area (TPSA) is 71.5 Å². The minimum absolute atomic E-state index is 0.215. The van der Waals surface area contributed by atoms with Gasteiger partial charge in [-0.15, -0.1) is 11.3 Å². The zero-order chi connectivity index (χ0) is 18.6. The van der Waals surface area contributed by atoms with E-state index in [1.165, 1.54) is 0 Å². The number of piperidine rings is 1. The van der Waals surface area contributed by atoms with Gasteiger partial charge in [0.1, 0.15) is 10.6 Å². The van der Waals surface area contributed by atoms with E-state index < -0.39 is 10.0 Å². The van der Waals surface area contributed by atoms with Gasteiger partial charge in [-0.2, -0.15) is 0 Å².